The summed E-state index contributed by atoms with van der Waals surface area (Å²) in [6.07, 6.45) is 0. The molecule has 0 radical (unpaired) electrons. The van der Waals surface area contributed by atoms with Gasteiger partial charge in [0.25, 0.3) is 0 Å². The van der Waals surface area contributed by atoms with E-state index in [9.17, 15) is 14.7 Å². The molecule has 0 unspecified atom stereocenters. The zero-order valence-electron chi connectivity index (χ0n) is 11.5. The highest BCUT2D eigenvalue weighted by Crippen LogP contribution is 2.33. The van der Waals surface area contributed by atoms with Crippen LogP contribution in [0.2, 0.25) is 0 Å². The minimum atomic E-state index is -0.704. The van der Waals surface area contributed by atoms with Crippen LogP contribution in [0, 0.1) is 6.92 Å². The summed E-state index contributed by atoms with van der Waals surface area (Å²) in [4.78, 5) is 23.8. The minimum absolute atomic E-state index is 0.0509. The van der Waals surface area contributed by atoms with Crippen LogP contribution in [-0.4, -0.2) is 18.2 Å². The van der Waals surface area contributed by atoms with E-state index in [2.05, 4.69) is 4.74 Å². The van der Waals surface area contributed by atoms with Crippen LogP contribution in [0.3, 0.4) is 0 Å². The van der Waals surface area contributed by atoms with Crippen LogP contribution in [-0.2, 0) is 4.74 Å². The number of aromatic hydroxyl groups is 1. The molecule has 0 atom stereocenters. The summed E-state index contributed by atoms with van der Waals surface area (Å²) in [6.45, 7) is 1.65. The maximum atomic E-state index is 12.1. The summed E-state index contributed by atoms with van der Waals surface area (Å²) < 4.78 is 9.87. The Morgan fingerprint density at radius 2 is 1.95 bits per heavy atom. The second kappa shape index (κ2) is 4.63. The predicted molar refractivity (Wildman–Crippen MR) is 77.7 cm³/mol. The fourth-order valence-electron chi connectivity index (χ4n) is 2.50. The highest BCUT2D eigenvalue weighted by Gasteiger charge is 2.20. The number of aryl methyl sites for hydroxylation is 1. The first-order chi connectivity index (χ1) is 10.0. The van der Waals surface area contributed by atoms with Gasteiger partial charge in [0, 0.05) is 16.3 Å². The number of phenols is 1. The molecular formula is C16H12O5. The smallest absolute Gasteiger partial charge is 0.344 e. The third-order valence-electron chi connectivity index (χ3n) is 3.53. The van der Waals surface area contributed by atoms with Gasteiger partial charge in [-0.1, -0.05) is 18.2 Å². The molecular weight excluding hydrogens is 272 g/mol. The Bertz CT molecular complexity index is 937. The first-order valence-electron chi connectivity index (χ1n) is 6.31. The van der Waals surface area contributed by atoms with Crippen LogP contribution in [0.15, 0.2) is 39.5 Å². The lowest BCUT2D eigenvalue weighted by molar-refractivity contribution is 0.0597. The molecule has 2 aromatic carbocycles. The standard InChI is InChI=1S/C16H12O5/c1-8-13-9-5-3-4-6-12(9)21-16(19)10(13)7-11(14(8)17)15(18)20-2/h3-7,17H,1-2H3. The predicted octanol–water partition coefficient (Wildman–Crippen LogP) is 2.75. The number of carbonyl (C=O) groups excluding carboxylic acids is 1. The van der Waals surface area contributed by atoms with Crippen LogP contribution in [0.1, 0.15) is 15.9 Å². The maximum absolute atomic E-state index is 12.1. The summed E-state index contributed by atoms with van der Waals surface area (Å²) in [7, 11) is 1.21. The molecule has 0 saturated heterocycles. The van der Waals surface area contributed by atoms with Crippen LogP contribution in [0.25, 0.3) is 21.7 Å². The monoisotopic (exact) mass is 284 g/mol. The van der Waals surface area contributed by atoms with Crippen molar-refractivity contribution in [3.63, 3.8) is 0 Å². The number of benzene rings is 2. The number of hydrogen-bond donors (Lipinski definition) is 1. The topological polar surface area (TPSA) is 76.7 Å². The molecule has 5 nitrogen and oxygen atoms in total. The summed E-state index contributed by atoms with van der Waals surface area (Å²) in [6, 6.07) is 8.36. The number of fused-ring (bicyclic) bond motifs is 3. The molecule has 0 aliphatic heterocycles. The number of methoxy groups -OCH3 is 1. The van der Waals surface area contributed by atoms with Crippen molar-refractivity contribution in [2.45, 2.75) is 6.92 Å². The van der Waals surface area contributed by atoms with E-state index in [1.165, 1.54) is 13.2 Å². The molecule has 1 aromatic heterocycles. The number of hydrogen-bond acceptors (Lipinski definition) is 5. The van der Waals surface area contributed by atoms with Gasteiger partial charge in [-0.25, -0.2) is 9.59 Å². The average Bonchev–Trinajstić information content (AvgIpc) is 2.49. The molecule has 0 saturated carbocycles. The summed E-state index contributed by atoms with van der Waals surface area (Å²) in [5, 5.41) is 11.7. The number of phenolic OH excluding ortho intramolecular Hbond substituents is 1. The Kier molecular flexibility index (Phi) is 2.90. The fourth-order valence-corrected chi connectivity index (χ4v) is 2.50. The van der Waals surface area contributed by atoms with Crippen LogP contribution < -0.4 is 5.63 Å². The van der Waals surface area contributed by atoms with E-state index in [1.807, 2.05) is 6.07 Å². The fraction of sp³-hybridized carbons (Fsp3) is 0.125. The van der Waals surface area contributed by atoms with Crippen molar-refractivity contribution >= 4 is 27.7 Å². The quantitative estimate of drug-likeness (QED) is 0.422. The summed E-state index contributed by atoms with van der Waals surface area (Å²) in [5.41, 5.74) is 0.266. The second-order valence-corrected chi connectivity index (χ2v) is 4.70. The van der Waals surface area contributed by atoms with Crippen molar-refractivity contribution in [3.05, 3.63) is 51.9 Å². The number of carbonyl (C=O) groups is 1. The molecule has 0 aliphatic rings. The zero-order valence-corrected chi connectivity index (χ0v) is 11.5. The van der Waals surface area contributed by atoms with E-state index in [1.54, 1.807) is 25.1 Å². The lowest BCUT2D eigenvalue weighted by Gasteiger charge is -2.10. The number of rotatable bonds is 1. The summed E-state index contributed by atoms with van der Waals surface area (Å²) >= 11 is 0. The van der Waals surface area contributed by atoms with Gasteiger partial charge in [0.15, 0.2) is 0 Å². The highest BCUT2D eigenvalue weighted by atomic mass is 16.5. The molecule has 21 heavy (non-hydrogen) atoms. The van der Waals surface area contributed by atoms with Gasteiger partial charge in [0.1, 0.15) is 16.9 Å². The Hall–Kier alpha value is -2.82. The van der Waals surface area contributed by atoms with Crippen molar-refractivity contribution in [3.8, 4) is 5.75 Å². The van der Waals surface area contributed by atoms with Crippen LogP contribution in [0.4, 0.5) is 0 Å². The second-order valence-electron chi connectivity index (χ2n) is 4.70. The number of esters is 1. The molecule has 106 valence electrons. The average molecular weight is 284 g/mol. The van der Waals surface area contributed by atoms with Crippen LogP contribution >= 0.6 is 0 Å². The van der Waals surface area contributed by atoms with Gasteiger partial charge in [-0.2, -0.15) is 0 Å². The molecule has 0 spiro atoms. The largest absolute Gasteiger partial charge is 0.507 e. The van der Waals surface area contributed by atoms with Crippen molar-refractivity contribution in [1.29, 1.82) is 0 Å². The first kappa shape index (κ1) is 13.2. The minimum Gasteiger partial charge on any atom is -0.507 e. The van der Waals surface area contributed by atoms with E-state index in [0.29, 0.717) is 21.9 Å². The molecule has 0 fully saturated rings. The Labute approximate surface area is 119 Å². The van der Waals surface area contributed by atoms with E-state index >= 15 is 0 Å². The van der Waals surface area contributed by atoms with Crippen molar-refractivity contribution in [2.75, 3.05) is 7.11 Å². The molecule has 0 aliphatic carbocycles. The molecule has 1 heterocycles. The van der Waals surface area contributed by atoms with Crippen molar-refractivity contribution in [2.24, 2.45) is 0 Å². The third-order valence-corrected chi connectivity index (χ3v) is 3.53. The Balaban J connectivity index is 2.57. The van der Waals surface area contributed by atoms with Gasteiger partial charge in [-0.05, 0) is 19.1 Å². The van der Waals surface area contributed by atoms with E-state index in [4.69, 9.17) is 4.42 Å². The molecule has 0 amide bonds. The SMILES string of the molecule is COC(=O)c1cc2c(=O)oc3ccccc3c2c(C)c1O. The zero-order chi connectivity index (χ0) is 15.1. The molecule has 3 rings (SSSR count). The van der Waals surface area contributed by atoms with E-state index in [0.717, 1.165) is 0 Å². The van der Waals surface area contributed by atoms with Gasteiger partial charge in [-0.15, -0.1) is 0 Å². The summed E-state index contributed by atoms with van der Waals surface area (Å²) in [5.74, 6) is -0.893. The molecule has 0 bridgehead atoms. The van der Waals surface area contributed by atoms with E-state index in [-0.39, 0.29) is 16.7 Å². The highest BCUT2D eigenvalue weighted by molar-refractivity contribution is 6.10. The lowest BCUT2D eigenvalue weighted by Crippen LogP contribution is -2.07. The van der Waals surface area contributed by atoms with Gasteiger partial charge in [0.05, 0.1) is 12.5 Å². The third kappa shape index (κ3) is 1.86. The molecule has 5 heteroatoms. The lowest BCUT2D eigenvalue weighted by atomic mass is 9.98. The Morgan fingerprint density at radius 3 is 2.67 bits per heavy atom. The van der Waals surface area contributed by atoms with Gasteiger partial charge in [0.2, 0.25) is 0 Å². The normalized spacial score (nSPS) is 11.0. The Morgan fingerprint density at radius 1 is 1.24 bits per heavy atom. The van der Waals surface area contributed by atoms with Crippen molar-refractivity contribution < 1.29 is 19.1 Å². The maximum Gasteiger partial charge on any atom is 0.344 e. The molecule has 3 aromatic rings. The van der Waals surface area contributed by atoms with Crippen molar-refractivity contribution in [1.82, 2.24) is 0 Å². The van der Waals surface area contributed by atoms with Crippen LogP contribution in [0.5, 0.6) is 5.75 Å². The van der Waals surface area contributed by atoms with Gasteiger partial charge < -0.3 is 14.3 Å². The molecule has 1 N–H and O–H groups in total. The number of ether oxygens (including phenoxy) is 1. The first-order valence-corrected chi connectivity index (χ1v) is 6.31. The number of para-hydroxylation sites is 1. The van der Waals surface area contributed by atoms with Gasteiger partial charge >= 0.3 is 11.6 Å². The van der Waals surface area contributed by atoms with Gasteiger partial charge in [-0.3, -0.25) is 0 Å². The van der Waals surface area contributed by atoms with E-state index < -0.39 is 11.6 Å².